The minimum Gasteiger partial charge on any atom is -0.206 e. The molecule has 78 valence electrons. The molecule has 0 radical (unpaired) electrons. The van der Waals surface area contributed by atoms with E-state index < -0.39 is 0 Å². The zero-order valence-corrected chi connectivity index (χ0v) is 9.34. The summed E-state index contributed by atoms with van der Waals surface area (Å²) in [4.78, 5) is 0. The van der Waals surface area contributed by atoms with Crippen molar-refractivity contribution in [1.82, 2.24) is 0 Å². The van der Waals surface area contributed by atoms with Gasteiger partial charge in [0.25, 0.3) is 0 Å². The van der Waals surface area contributed by atoms with Crippen LogP contribution in [0.2, 0.25) is 0 Å². The normalized spacial score (nSPS) is 11.3. The van der Waals surface area contributed by atoms with E-state index in [1.165, 1.54) is 11.6 Å². The highest BCUT2D eigenvalue weighted by Gasteiger charge is 2.09. The maximum absolute atomic E-state index is 13.7. The van der Waals surface area contributed by atoms with Gasteiger partial charge in [0.15, 0.2) is 0 Å². The van der Waals surface area contributed by atoms with Crippen LogP contribution >= 0.6 is 0 Å². The number of hydrogen-bond donors (Lipinski definition) is 0. The van der Waals surface area contributed by atoms with Crippen LogP contribution in [0.15, 0.2) is 30.3 Å². The van der Waals surface area contributed by atoms with Crippen LogP contribution in [-0.2, 0) is 0 Å². The topological polar surface area (TPSA) is 0 Å². The molecule has 0 spiro atoms. The number of aryl methyl sites for hydroxylation is 1. The van der Waals surface area contributed by atoms with Crippen molar-refractivity contribution >= 4 is 10.8 Å². The average Bonchev–Trinajstić information content (AvgIpc) is 2.16. The van der Waals surface area contributed by atoms with E-state index in [1.54, 1.807) is 6.07 Å². The first kappa shape index (κ1) is 10.2. The Morgan fingerprint density at radius 3 is 2.53 bits per heavy atom. The summed E-state index contributed by atoms with van der Waals surface area (Å²) in [7, 11) is 0. The van der Waals surface area contributed by atoms with Gasteiger partial charge in [-0.15, -0.1) is 0 Å². The van der Waals surface area contributed by atoms with Gasteiger partial charge in [-0.05, 0) is 29.9 Å². The summed E-state index contributed by atoms with van der Waals surface area (Å²) in [5.41, 5.74) is 2.29. The third-order valence-electron chi connectivity index (χ3n) is 2.72. The largest absolute Gasteiger partial charge is 0.206 e. The predicted molar refractivity (Wildman–Crippen MR) is 62.7 cm³/mol. The van der Waals surface area contributed by atoms with Crippen molar-refractivity contribution in [3.63, 3.8) is 0 Å². The molecule has 0 saturated heterocycles. The molecule has 0 bridgehead atoms. The van der Waals surface area contributed by atoms with Crippen LogP contribution < -0.4 is 0 Å². The lowest BCUT2D eigenvalue weighted by Gasteiger charge is -2.12. The molecule has 1 heteroatoms. The third-order valence-corrected chi connectivity index (χ3v) is 2.72. The van der Waals surface area contributed by atoms with Crippen LogP contribution in [0.5, 0.6) is 0 Å². The van der Waals surface area contributed by atoms with Crippen LogP contribution in [0, 0.1) is 12.7 Å². The summed E-state index contributed by atoms with van der Waals surface area (Å²) in [6.45, 7) is 6.25. The molecule has 0 atom stereocenters. The molecule has 0 nitrogen and oxygen atoms in total. The SMILES string of the molecule is Cc1cc(C(C)C)c2c(F)cccc2c1. The molecule has 2 aromatic rings. The molecule has 2 aromatic carbocycles. The van der Waals surface area contributed by atoms with Crippen molar-refractivity contribution in [2.24, 2.45) is 0 Å². The Bertz CT molecular complexity index is 498. The van der Waals surface area contributed by atoms with Gasteiger partial charge in [0, 0.05) is 5.39 Å². The Kier molecular flexibility index (Phi) is 2.47. The number of halogens is 1. The summed E-state index contributed by atoms with van der Waals surface area (Å²) in [6.07, 6.45) is 0. The summed E-state index contributed by atoms with van der Waals surface area (Å²) < 4.78 is 13.7. The number of benzene rings is 2. The van der Waals surface area contributed by atoms with Gasteiger partial charge < -0.3 is 0 Å². The van der Waals surface area contributed by atoms with Crippen molar-refractivity contribution in [2.75, 3.05) is 0 Å². The molecule has 0 N–H and O–H groups in total. The van der Waals surface area contributed by atoms with Crippen LogP contribution in [-0.4, -0.2) is 0 Å². The molecule has 15 heavy (non-hydrogen) atoms. The molecule has 0 amide bonds. The van der Waals surface area contributed by atoms with E-state index in [0.717, 1.165) is 16.3 Å². The van der Waals surface area contributed by atoms with E-state index in [1.807, 2.05) is 12.1 Å². The second-order valence-corrected chi connectivity index (χ2v) is 4.35. The Labute approximate surface area is 89.7 Å². The quantitative estimate of drug-likeness (QED) is 0.642. The molecule has 0 aliphatic carbocycles. The van der Waals surface area contributed by atoms with Gasteiger partial charge in [-0.1, -0.05) is 43.7 Å². The van der Waals surface area contributed by atoms with E-state index in [-0.39, 0.29) is 5.82 Å². The minimum atomic E-state index is -0.115. The Balaban J connectivity index is 2.88. The minimum absolute atomic E-state index is 0.115. The zero-order valence-electron chi connectivity index (χ0n) is 9.34. The van der Waals surface area contributed by atoms with Crippen molar-refractivity contribution in [3.8, 4) is 0 Å². The molecule has 0 aromatic heterocycles. The third kappa shape index (κ3) is 1.74. The number of fused-ring (bicyclic) bond motifs is 1. The number of rotatable bonds is 1. The molecule has 0 unspecified atom stereocenters. The highest BCUT2D eigenvalue weighted by molar-refractivity contribution is 5.87. The highest BCUT2D eigenvalue weighted by Crippen LogP contribution is 2.28. The van der Waals surface area contributed by atoms with E-state index in [2.05, 4.69) is 26.8 Å². The van der Waals surface area contributed by atoms with Crippen LogP contribution in [0.1, 0.15) is 30.9 Å². The molecule has 2 rings (SSSR count). The Hall–Kier alpha value is -1.37. The lowest BCUT2D eigenvalue weighted by atomic mass is 9.94. The van der Waals surface area contributed by atoms with Gasteiger partial charge in [0.1, 0.15) is 5.82 Å². The second-order valence-electron chi connectivity index (χ2n) is 4.35. The first-order valence-electron chi connectivity index (χ1n) is 5.28. The summed E-state index contributed by atoms with van der Waals surface area (Å²) in [6, 6.07) is 9.38. The average molecular weight is 202 g/mol. The van der Waals surface area contributed by atoms with E-state index >= 15 is 0 Å². The Morgan fingerprint density at radius 1 is 1.13 bits per heavy atom. The van der Waals surface area contributed by atoms with Gasteiger partial charge in [-0.2, -0.15) is 0 Å². The fourth-order valence-electron chi connectivity index (χ4n) is 2.03. The summed E-state index contributed by atoms with van der Waals surface area (Å²) >= 11 is 0. The fraction of sp³-hybridized carbons (Fsp3) is 0.286. The van der Waals surface area contributed by atoms with Crippen molar-refractivity contribution in [3.05, 3.63) is 47.3 Å². The first-order valence-corrected chi connectivity index (χ1v) is 5.28. The Morgan fingerprint density at radius 2 is 1.87 bits per heavy atom. The maximum Gasteiger partial charge on any atom is 0.131 e. The smallest absolute Gasteiger partial charge is 0.131 e. The van der Waals surface area contributed by atoms with E-state index in [9.17, 15) is 4.39 Å². The van der Waals surface area contributed by atoms with Gasteiger partial charge in [-0.3, -0.25) is 0 Å². The van der Waals surface area contributed by atoms with Gasteiger partial charge >= 0.3 is 0 Å². The maximum atomic E-state index is 13.7. The van der Waals surface area contributed by atoms with Gasteiger partial charge in [0.05, 0.1) is 0 Å². The fourth-order valence-corrected chi connectivity index (χ4v) is 2.03. The standard InChI is InChI=1S/C14H15F/c1-9(2)12-8-10(3)7-11-5-4-6-13(15)14(11)12/h4-9H,1-3H3. The molecule has 0 aliphatic heterocycles. The highest BCUT2D eigenvalue weighted by atomic mass is 19.1. The lowest BCUT2D eigenvalue weighted by molar-refractivity contribution is 0.637. The summed E-state index contributed by atoms with van der Waals surface area (Å²) in [5, 5.41) is 1.77. The first-order chi connectivity index (χ1) is 7.09. The van der Waals surface area contributed by atoms with E-state index in [0.29, 0.717) is 5.92 Å². The second kappa shape index (κ2) is 3.65. The van der Waals surface area contributed by atoms with Crippen LogP contribution in [0.4, 0.5) is 4.39 Å². The van der Waals surface area contributed by atoms with Gasteiger partial charge in [-0.25, -0.2) is 4.39 Å². The number of hydrogen-bond acceptors (Lipinski definition) is 0. The van der Waals surface area contributed by atoms with Crippen molar-refractivity contribution in [1.29, 1.82) is 0 Å². The van der Waals surface area contributed by atoms with Crippen molar-refractivity contribution < 1.29 is 4.39 Å². The summed E-state index contributed by atoms with van der Waals surface area (Å²) in [5.74, 6) is 0.237. The van der Waals surface area contributed by atoms with Crippen LogP contribution in [0.25, 0.3) is 10.8 Å². The molecule has 0 saturated carbocycles. The van der Waals surface area contributed by atoms with Crippen molar-refractivity contribution in [2.45, 2.75) is 26.7 Å². The monoisotopic (exact) mass is 202 g/mol. The van der Waals surface area contributed by atoms with E-state index in [4.69, 9.17) is 0 Å². The molecular weight excluding hydrogens is 187 g/mol. The van der Waals surface area contributed by atoms with Crippen LogP contribution in [0.3, 0.4) is 0 Å². The zero-order chi connectivity index (χ0) is 11.0. The molecular formula is C14H15F. The lowest BCUT2D eigenvalue weighted by Crippen LogP contribution is -1.93. The van der Waals surface area contributed by atoms with Gasteiger partial charge in [0.2, 0.25) is 0 Å². The molecule has 0 heterocycles. The predicted octanol–water partition coefficient (Wildman–Crippen LogP) is 4.41. The molecule has 0 fully saturated rings. The molecule has 0 aliphatic rings.